The first-order valence-corrected chi connectivity index (χ1v) is 13.6. The van der Waals surface area contributed by atoms with Gasteiger partial charge in [0.05, 0.1) is 29.7 Å². The lowest BCUT2D eigenvalue weighted by atomic mass is 9.56. The van der Waals surface area contributed by atoms with Crippen LogP contribution in [0.2, 0.25) is 10.0 Å². The molecule has 1 amide bonds. The molecule has 1 heterocycles. The molecule has 2 aliphatic rings. The lowest BCUT2D eigenvalue weighted by molar-refractivity contribution is -0.138. The van der Waals surface area contributed by atoms with E-state index in [1.165, 1.54) is 5.56 Å². The van der Waals surface area contributed by atoms with E-state index in [9.17, 15) is 9.90 Å². The van der Waals surface area contributed by atoms with Crippen LogP contribution in [0, 0.1) is 11.8 Å². The van der Waals surface area contributed by atoms with Gasteiger partial charge in [-0.1, -0.05) is 55.2 Å². The Bertz CT molecular complexity index is 1080. The predicted molar refractivity (Wildman–Crippen MR) is 146 cm³/mol. The summed E-state index contributed by atoms with van der Waals surface area (Å²) in [7, 11) is 3.81. The number of benzene rings is 2. The molecule has 1 saturated carbocycles. The van der Waals surface area contributed by atoms with Crippen LogP contribution in [-0.2, 0) is 16.6 Å². The third-order valence-corrected chi connectivity index (χ3v) is 8.78. The maximum absolute atomic E-state index is 13.7. The summed E-state index contributed by atoms with van der Waals surface area (Å²) in [4.78, 5) is 18.1. The van der Waals surface area contributed by atoms with Crippen LogP contribution in [0.25, 0.3) is 0 Å². The van der Waals surface area contributed by atoms with Crippen molar-refractivity contribution in [3.63, 3.8) is 0 Å². The molecule has 1 aliphatic heterocycles. The lowest BCUT2D eigenvalue weighted by Gasteiger charge is -2.56. The van der Waals surface area contributed by atoms with Crippen LogP contribution in [0.1, 0.15) is 44.2 Å². The van der Waals surface area contributed by atoms with E-state index in [0.29, 0.717) is 28.9 Å². The first kappa shape index (κ1) is 27.3. The highest BCUT2D eigenvalue weighted by atomic mass is 35.5. The van der Waals surface area contributed by atoms with Crippen molar-refractivity contribution in [1.29, 1.82) is 0 Å². The molecule has 1 unspecified atom stereocenters. The number of hydrogen-bond donors (Lipinski definition) is 1. The molecule has 1 saturated heterocycles. The van der Waals surface area contributed by atoms with Crippen LogP contribution in [0.3, 0.4) is 0 Å². The fourth-order valence-corrected chi connectivity index (χ4v) is 6.61. The summed E-state index contributed by atoms with van der Waals surface area (Å²) in [6.45, 7) is 6.71. The third kappa shape index (κ3) is 5.70. The summed E-state index contributed by atoms with van der Waals surface area (Å²) in [5.74, 6) is 1.30. The van der Waals surface area contributed by atoms with Gasteiger partial charge in [-0.15, -0.1) is 0 Å². The molecular formula is C29H38Cl2N2O3. The van der Waals surface area contributed by atoms with Gasteiger partial charge in [-0.2, -0.15) is 0 Å². The maximum atomic E-state index is 13.7. The summed E-state index contributed by atoms with van der Waals surface area (Å²) in [5, 5.41) is 12.5. The molecule has 2 aromatic carbocycles. The van der Waals surface area contributed by atoms with Crippen molar-refractivity contribution in [3.8, 4) is 5.75 Å². The van der Waals surface area contributed by atoms with E-state index in [-0.39, 0.29) is 29.7 Å². The molecule has 4 atom stereocenters. The molecular weight excluding hydrogens is 495 g/mol. The van der Waals surface area contributed by atoms with Crippen LogP contribution in [-0.4, -0.2) is 66.8 Å². The van der Waals surface area contributed by atoms with Crippen molar-refractivity contribution in [3.05, 3.63) is 63.6 Å². The fraction of sp³-hybridized carbons (Fsp3) is 0.552. The Hall–Kier alpha value is -1.79. The van der Waals surface area contributed by atoms with E-state index in [0.717, 1.165) is 37.2 Å². The molecule has 2 fully saturated rings. The minimum absolute atomic E-state index is 0.0523. The van der Waals surface area contributed by atoms with E-state index in [2.05, 4.69) is 37.9 Å². The van der Waals surface area contributed by atoms with E-state index in [4.69, 9.17) is 27.9 Å². The molecule has 7 heteroatoms. The van der Waals surface area contributed by atoms with Gasteiger partial charge in [0, 0.05) is 30.5 Å². The maximum Gasteiger partial charge on any atom is 0.227 e. The van der Waals surface area contributed by atoms with Gasteiger partial charge in [-0.25, -0.2) is 0 Å². The SMILES string of the molecule is COc1cccc([C@@]23CCN(C)C[C@H]2C(O)C[C@H](N(CC(C)C)C(=O)Cc2ccc(Cl)c(Cl)c2)C3)c1. The zero-order valence-corrected chi connectivity index (χ0v) is 23.2. The van der Waals surface area contributed by atoms with Crippen molar-refractivity contribution < 1.29 is 14.6 Å². The quantitative estimate of drug-likeness (QED) is 0.515. The number of aliphatic hydroxyl groups excluding tert-OH is 1. The van der Waals surface area contributed by atoms with Gasteiger partial charge >= 0.3 is 0 Å². The van der Waals surface area contributed by atoms with Gasteiger partial charge in [0.2, 0.25) is 5.91 Å². The molecule has 0 spiro atoms. The van der Waals surface area contributed by atoms with Gasteiger partial charge in [-0.3, -0.25) is 4.79 Å². The normalized spacial score (nSPS) is 26.5. The van der Waals surface area contributed by atoms with E-state index >= 15 is 0 Å². The Kier molecular flexibility index (Phi) is 8.56. The standard InChI is InChI=1S/C29H38Cl2N2O3/c1-19(2)17-33(28(35)13-20-8-9-25(30)26(31)12-20)22-15-27(34)24-18-32(3)11-10-29(24,16-22)21-6-5-7-23(14-21)36-4/h5-9,12,14,19,22,24,27,34H,10-11,13,15-18H2,1-4H3/t22-,24-,27?,29-/m0/s1. The van der Waals surface area contributed by atoms with Gasteiger partial charge in [0.15, 0.2) is 0 Å². The number of methoxy groups -OCH3 is 1. The van der Waals surface area contributed by atoms with Crippen LogP contribution >= 0.6 is 23.2 Å². The Labute approximate surface area is 225 Å². The number of fused-ring (bicyclic) bond motifs is 1. The van der Waals surface area contributed by atoms with Crippen LogP contribution < -0.4 is 4.74 Å². The number of aliphatic hydroxyl groups is 1. The van der Waals surface area contributed by atoms with E-state index in [1.54, 1.807) is 19.2 Å². The van der Waals surface area contributed by atoms with Gasteiger partial charge in [0.25, 0.3) is 0 Å². The third-order valence-electron chi connectivity index (χ3n) is 8.04. The Morgan fingerprint density at radius 3 is 2.69 bits per heavy atom. The number of rotatable bonds is 7. The minimum atomic E-state index is -0.495. The van der Waals surface area contributed by atoms with Crippen LogP contribution in [0.5, 0.6) is 5.75 Å². The van der Waals surface area contributed by atoms with Crippen molar-refractivity contribution in [2.24, 2.45) is 11.8 Å². The highest BCUT2D eigenvalue weighted by Gasteiger charge is 2.53. The first-order chi connectivity index (χ1) is 17.1. The molecule has 5 nitrogen and oxygen atoms in total. The highest BCUT2D eigenvalue weighted by molar-refractivity contribution is 6.42. The number of piperidine rings is 1. The molecule has 0 aromatic heterocycles. The highest BCUT2D eigenvalue weighted by Crippen LogP contribution is 2.50. The second-order valence-corrected chi connectivity index (χ2v) is 11.8. The minimum Gasteiger partial charge on any atom is -0.497 e. The molecule has 0 bridgehead atoms. The van der Waals surface area contributed by atoms with Crippen LogP contribution in [0.4, 0.5) is 0 Å². The van der Waals surface area contributed by atoms with Crippen LogP contribution in [0.15, 0.2) is 42.5 Å². The number of nitrogens with zero attached hydrogens (tertiary/aromatic N) is 2. The topological polar surface area (TPSA) is 53.0 Å². The predicted octanol–water partition coefficient (Wildman–Crippen LogP) is 5.44. The second kappa shape index (κ2) is 11.3. The molecule has 1 N–H and O–H groups in total. The smallest absolute Gasteiger partial charge is 0.227 e. The molecule has 2 aromatic rings. The van der Waals surface area contributed by atoms with Gasteiger partial charge < -0.3 is 19.6 Å². The summed E-state index contributed by atoms with van der Waals surface area (Å²) >= 11 is 12.3. The molecule has 36 heavy (non-hydrogen) atoms. The monoisotopic (exact) mass is 532 g/mol. The summed E-state index contributed by atoms with van der Waals surface area (Å²) < 4.78 is 5.56. The van der Waals surface area contributed by atoms with Crippen molar-refractivity contribution >= 4 is 29.1 Å². The second-order valence-electron chi connectivity index (χ2n) is 11.0. The number of amides is 1. The summed E-state index contributed by atoms with van der Waals surface area (Å²) in [6.07, 6.45) is 2.12. The number of likely N-dealkylation sites (tertiary alicyclic amines) is 1. The van der Waals surface area contributed by atoms with E-state index in [1.807, 2.05) is 23.1 Å². The van der Waals surface area contributed by atoms with Gasteiger partial charge in [-0.05, 0) is 74.2 Å². The number of hydrogen-bond acceptors (Lipinski definition) is 4. The summed E-state index contributed by atoms with van der Waals surface area (Å²) in [6, 6.07) is 13.6. The van der Waals surface area contributed by atoms with Crippen molar-refractivity contribution in [2.45, 2.75) is 57.1 Å². The molecule has 0 radical (unpaired) electrons. The van der Waals surface area contributed by atoms with Gasteiger partial charge in [0.1, 0.15) is 5.75 Å². The first-order valence-electron chi connectivity index (χ1n) is 12.9. The number of halogens is 2. The molecule has 1 aliphatic carbocycles. The lowest BCUT2D eigenvalue weighted by Crippen LogP contribution is -2.61. The Morgan fingerprint density at radius 2 is 2.00 bits per heavy atom. The number of carbonyl (C=O) groups excluding carboxylic acids is 1. The zero-order chi connectivity index (χ0) is 26.0. The average Bonchev–Trinajstić information content (AvgIpc) is 2.85. The number of carbonyl (C=O) groups is 1. The zero-order valence-electron chi connectivity index (χ0n) is 21.7. The average molecular weight is 534 g/mol. The largest absolute Gasteiger partial charge is 0.497 e. The Morgan fingerprint density at radius 1 is 1.22 bits per heavy atom. The summed E-state index contributed by atoms with van der Waals surface area (Å²) in [5.41, 5.74) is 1.83. The fourth-order valence-electron chi connectivity index (χ4n) is 6.29. The van der Waals surface area contributed by atoms with Crippen molar-refractivity contribution in [1.82, 2.24) is 9.80 Å². The number of ether oxygens (including phenoxy) is 1. The van der Waals surface area contributed by atoms with E-state index < -0.39 is 6.10 Å². The van der Waals surface area contributed by atoms with Crippen molar-refractivity contribution in [2.75, 3.05) is 33.8 Å². The Balaban J connectivity index is 1.68. The molecule has 4 rings (SSSR count). The molecule has 196 valence electrons.